The van der Waals surface area contributed by atoms with Crippen molar-refractivity contribution >= 4 is 35.0 Å². The van der Waals surface area contributed by atoms with Crippen LogP contribution in [0.2, 0.25) is 10.0 Å². The van der Waals surface area contributed by atoms with Crippen molar-refractivity contribution < 1.29 is 9.47 Å². The van der Waals surface area contributed by atoms with Gasteiger partial charge in [0, 0.05) is 0 Å². The maximum atomic E-state index is 5.97. The van der Waals surface area contributed by atoms with Gasteiger partial charge in [-0.2, -0.15) is 0 Å². The summed E-state index contributed by atoms with van der Waals surface area (Å²) in [5.74, 6) is 2.28. The molecule has 19 heavy (non-hydrogen) atoms. The number of hydrogen-bond donors (Lipinski definition) is 0. The molecule has 0 unspecified atom stereocenters. The number of thioether (sulfide) groups is 1. The highest BCUT2D eigenvalue weighted by molar-refractivity contribution is 7.99. The quantitative estimate of drug-likeness (QED) is 0.546. The van der Waals surface area contributed by atoms with E-state index in [2.05, 4.69) is 0 Å². The predicted molar refractivity (Wildman–Crippen MR) is 81.5 cm³/mol. The summed E-state index contributed by atoms with van der Waals surface area (Å²) in [5, 5.41) is 1.21. The first kappa shape index (κ1) is 14.4. The van der Waals surface area contributed by atoms with Crippen molar-refractivity contribution in [3.63, 3.8) is 0 Å². The van der Waals surface area contributed by atoms with Crippen molar-refractivity contribution in [1.82, 2.24) is 0 Å². The number of ether oxygens (including phenoxy) is 2. The Morgan fingerprint density at radius 3 is 1.58 bits per heavy atom. The third-order valence-electron chi connectivity index (χ3n) is 2.27. The molecule has 100 valence electrons. The van der Waals surface area contributed by atoms with E-state index in [0.717, 1.165) is 0 Å². The van der Waals surface area contributed by atoms with Crippen molar-refractivity contribution in [3.8, 4) is 11.5 Å². The standard InChI is InChI=1S/C14H12Cl2O2S/c15-11-5-1-3-7-13(11)17-9-19-10-18-14-8-4-2-6-12(14)16/h1-8H,9-10H2. The minimum atomic E-state index is 0.466. The summed E-state index contributed by atoms with van der Waals surface area (Å²) in [7, 11) is 0. The first-order valence-electron chi connectivity index (χ1n) is 5.60. The molecule has 0 atom stereocenters. The maximum absolute atomic E-state index is 5.97. The van der Waals surface area contributed by atoms with Crippen LogP contribution in [0.3, 0.4) is 0 Å². The minimum absolute atomic E-state index is 0.466. The number of rotatable bonds is 6. The fraction of sp³-hybridized carbons (Fsp3) is 0.143. The van der Waals surface area contributed by atoms with Crippen LogP contribution in [-0.4, -0.2) is 11.9 Å². The van der Waals surface area contributed by atoms with Crippen LogP contribution in [-0.2, 0) is 0 Å². The summed E-state index contributed by atoms with van der Waals surface area (Å²) >= 11 is 13.4. The van der Waals surface area contributed by atoms with Gasteiger partial charge in [-0.3, -0.25) is 0 Å². The van der Waals surface area contributed by atoms with E-state index >= 15 is 0 Å². The van der Waals surface area contributed by atoms with E-state index in [1.54, 1.807) is 12.1 Å². The highest BCUT2D eigenvalue weighted by Crippen LogP contribution is 2.26. The Morgan fingerprint density at radius 1 is 0.737 bits per heavy atom. The Bertz CT molecular complexity index is 487. The highest BCUT2D eigenvalue weighted by Gasteiger charge is 2.01. The van der Waals surface area contributed by atoms with Gasteiger partial charge in [-0.15, -0.1) is 0 Å². The largest absolute Gasteiger partial charge is 0.481 e. The van der Waals surface area contributed by atoms with Crippen molar-refractivity contribution in [3.05, 3.63) is 58.6 Å². The van der Waals surface area contributed by atoms with Gasteiger partial charge in [0.15, 0.2) is 0 Å². The zero-order valence-corrected chi connectivity index (χ0v) is 12.3. The lowest BCUT2D eigenvalue weighted by Gasteiger charge is -2.09. The van der Waals surface area contributed by atoms with Crippen molar-refractivity contribution in [1.29, 1.82) is 0 Å². The van der Waals surface area contributed by atoms with E-state index < -0.39 is 0 Å². The summed E-state index contributed by atoms with van der Waals surface area (Å²) in [6.45, 7) is 0. The second kappa shape index (κ2) is 7.53. The van der Waals surface area contributed by atoms with Gasteiger partial charge in [0.25, 0.3) is 0 Å². The monoisotopic (exact) mass is 314 g/mol. The van der Waals surface area contributed by atoms with Gasteiger partial charge in [-0.05, 0) is 24.3 Å². The Kier molecular flexibility index (Phi) is 5.70. The topological polar surface area (TPSA) is 18.5 Å². The molecule has 2 aromatic carbocycles. The third kappa shape index (κ3) is 4.53. The van der Waals surface area contributed by atoms with Crippen LogP contribution in [0.4, 0.5) is 0 Å². The molecule has 0 aliphatic heterocycles. The SMILES string of the molecule is Clc1ccccc1OCSCOc1ccccc1Cl. The molecule has 2 rings (SSSR count). The molecule has 0 heterocycles. The lowest BCUT2D eigenvalue weighted by molar-refractivity contribution is 0.373. The zero-order chi connectivity index (χ0) is 13.5. The average Bonchev–Trinajstić information content (AvgIpc) is 2.42. The first-order chi connectivity index (χ1) is 9.27. The van der Waals surface area contributed by atoms with Gasteiger partial charge in [-0.25, -0.2) is 0 Å². The van der Waals surface area contributed by atoms with Crippen LogP contribution in [0.5, 0.6) is 11.5 Å². The van der Waals surface area contributed by atoms with Crippen LogP contribution < -0.4 is 9.47 Å². The highest BCUT2D eigenvalue weighted by atomic mass is 35.5. The van der Waals surface area contributed by atoms with Gasteiger partial charge in [0.1, 0.15) is 23.4 Å². The van der Waals surface area contributed by atoms with Crippen molar-refractivity contribution in [2.24, 2.45) is 0 Å². The van der Waals surface area contributed by atoms with Crippen LogP contribution in [0.25, 0.3) is 0 Å². The fourth-order valence-corrected chi connectivity index (χ4v) is 2.24. The van der Waals surface area contributed by atoms with E-state index in [-0.39, 0.29) is 0 Å². The normalized spacial score (nSPS) is 10.2. The Labute approximate surface area is 126 Å². The lowest BCUT2D eigenvalue weighted by atomic mass is 10.3. The number of para-hydroxylation sites is 2. The lowest BCUT2D eigenvalue weighted by Crippen LogP contribution is -1.99. The van der Waals surface area contributed by atoms with Crippen LogP contribution in [0.1, 0.15) is 0 Å². The van der Waals surface area contributed by atoms with E-state index in [0.29, 0.717) is 33.4 Å². The third-order valence-corrected chi connectivity index (χ3v) is 3.46. The van der Waals surface area contributed by atoms with Gasteiger partial charge in [0.2, 0.25) is 0 Å². The predicted octanol–water partition coefficient (Wildman–Crippen LogP) is 5.10. The summed E-state index contributed by atoms with van der Waals surface area (Å²) in [4.78, 5) is 0. The molecule has 0 bridgehead atoms. The van der Waals surface area contributed by atoms with Gasteiger partial charge in [0.05, 0.1) is 10.0 Å². The summed E-state index contributed by atoms with van der Waals surface area (Å²) in [6, 6.07) is 14.7. The molecule has 0 saturated carbocycles. The molecule has 0 aromatic heterocycles. The molecule has 0 fully saturated rings. The van der Waals surface area contributed by atoms with E-state index in [9.17, 15) is 0 Å². The Balaban J connectivity index is 1.71. The van der Waals surface area contributed by atoms with Crippen LogP contribution in [0.15, 0.2) is 48.5 Å². The Hall–Kier alpha value is -1.03. The number of halogens is 2. The van der Waals surface area contributed by atoms with Gasteiger partial charge in [-0.1, -0.05) is 59.2 Å². The van der Waals surface area contributed by atoms with Crippen LogP contribution >= 0.6 is 35.0 Å². The molecular formula is C14H12Cl2O2S. The van der Waals surface area contributed by atoms with E-state index in [1.807, 2.05) is 36.4 Å². The van der Waals surface area contributed by atoms with Crippen molar-refractivity contribution in [2.45, 2.75) is 0 Å². The average molecular weight is 315 g/mol. The molecule has 2 nitrogen and oxygen atoms in total. The molecular weight excluding hydrogens is 303 g/mol. The maximum Gasteiger partial charge on any atom is 0.139 e. The first-order valence-corrected chi connectivity index (χ1v) is 7.51. The summed E-state index contributed by atoms with van der Waals surface area (Å²) in [5.41, 5.74) is 0. The second-order valence-corrected chi connectivity index (χ2v) is 5.28. The summed E-state index contributed by atoms with van der Waals surface area (Å²) < 4.78 is 11.0. The van der Waals surface area contributed by atoms with Gasteiger partial charge < -0.3 is 9.47 Å². The number of hydrogen-bond acceptors (Lipinski definition) is 3. The summed E-state index contributed by atoms with van der Waals surface area (Å²) in [6.07, 6.45) is 0. The molecule has 0 radical (unpaired) electrons. The van der Waals surface area contributed by atoms with Gasteiger partial charge >= 0.3 is 0 Å². The number of benzene rings is 2. The molecule has 0 aliphatic rings. The van der Waals surface area contributed by atoms with Crippen molar-refractivity contribution in [2.75, 3.05) is 11.9 Å². The van der Waals surface area contributed by atoms with Crippen LogP contribution in [0, 0.1) is 0 Å². The molecule has 0 saturated heterocycles. The smallest absolute Gasteiger partial charge is 0.139 e. The zero-order valence-electron chi connectivity index (χ0n) is 10.0. The molecule has 0 aliphatic carbocycles. The van der Waals surface area contributed by atoms with E-state index in [1.165, 1.54) is 11.8 Å². The van der Waals surface area contributed by atoms with E-state index in [4.69, 9.17) is 32.7 Å². The fourth-order valence-electron chi connectivity index (χ4n) is 1.37. The molecule has 0 N–H and O–H groups in total. The Morgan fingerprint density at radius 2 is 1.16 bits per heavy atom. The molecule has 0 spiro atoms. The second-order valence-electron chi connectivity index (χ2n) is 3.59. The molecule has 0 amide bonds. The molecule has 5 heteroatoms. The minimum Gasteiger partial charge on any atom is -0.481 e. The molecule has 2 aromatic rings.